The van der Waals surface area contributed by atoms with Crippen LogP contribution in [0.5, 0.6) is 0 Å². The van der Waals surface area contributed by atoms with Gasteiger partial charge in [-0.1, -0.05) is 28.1 Å². The van der Waals surface area contributed by atoms with Crippen LogP contribution < -0.4 is 5.32 Å². The van der Waals surface area contributed by atoms with Gasteiger partial charge in [0, 0.05) is 17.1 Å². The average Bonchev–Trinajstić information content (AvgIpc) is 2.33. The lowest BCUT2D eigenvalue weighted by atomic mass is 10.1. The third kappa shape index (κ3) is 3.27. The normalized spacial score (nSPS) is 25.6. The molecule has 16 heavy (non-hydrogen) atoms. The summed E-state index contributed by atoms with van der Waals surface area (Å²) >= 11 is 3.41. The van der Waals surface area contributed by atoms with Crippen LogP contribution in [0.15, 0.2) is 28.7 Å². The first-order valence-electron chi connectivity index (χ1n) is 5.43. The van der Waals surface area contributed by atoms with E-state index in [0.29, 0.717) is 19.2 Å². The minimum Gasteiger partial charge on any atom is -0.373 e. The van der Waals surface area contributed by atoms with Gasteiger partial charge in [-0.05, 0) is 24.1 Å². The van der Waals surface area contributed by atoms with Crippen LogP contribution in [0.4, 0.5) is 4.39 Å². The van der Waals surface area contributed by atoms with E-state index in [1.165, 1.54) is 5.56 Å². The fourth-order valence-electron chi connectivity index (χ4n) is 1.80. The molecule has 1 N–H and O–H groups in total. The summed E-state index contributed by atoms with van der Waals surface area (Å²) in [6.07, 6.45) is 0.660. The van der Waals surface area contributed by atoms with Gasteiger partial charge >= 0.3 is 0 Å². The van der Waals surface area contributed by atoms with Crippen LogP contribution in [0.2, 0.25) is 0 Å². The molecule has 0 aliphatic carbocycles. The first kappa shape index (κ1) is 12.0. The van der Waals surface area contributed by atoms with E-state index in [0.717, 1.165) is 10.9 Å². The molecule has 1 aromatic rings. The number of hydrogen-bond donors (Lipinski definition) is 1. The van der Waals surface area contributed by atoms with E-state index in [1.54, 1.807) is 0 Å². The van der Waals surface area contributed by atoms with Crippen molar-refractivity contribution in [3.63, 3.8) is 0 Å². The second kappa shape index (κ2) is 5.75. The molecule has 2 atom stereocenters. The minimum absolute atomic E-state index is 0.263. The van der Waals surface area contributed by atoms with Gasteiger partial charge in [-0.25, -0.2) is 4.39 Å². The summed E-state index contributed by atoms with van der Waals surface area (Å²) in [7, 11) is 0. The Balaban J connectivity index is 1.84. The Morgan fingerprint density at radius 2 is 2.12 bits per heavy atom. The van der Waals surface area contributed by atoms with Crippen molar-refractivity contribution in [2.24, 2.45) is 0 Å². The molecule has 0 spiro atoms. The molecular formula is C12H15BrFNO. The van der Waals surface area contributed by atoms with Crippen LogP contribution in [0, 0.1) is 0 Å². The number of alkyl halides is 1. The minimum atomic E-state index is -0.405. The van der Waals surface area contributed by atoms with Crippen LogP contribution in [0.3, 0.4) is 0 Å². The highest BCUT2D eigenvalue weighted by atomic mass is 79.9. The number of hydrogen-bond acceptors (Lipinski definition) is 2. The molecule has 1 saturated heterocycles. The quantitative estimate of drug-likeness (QED) is 0.921. The largest absolute Gasteiger partial charge is 0.373 e. The maximum Gasteiger partial charge on any atom is 0.117 e. The average molecular weight is 288 g/mol. The SMILES string of the molecule is FCC1CN[C@@H](Cc2ccc(Br)cc2)CO1. The van der Waals surface area contributed by atoms with Gasteiger partial charge in [0.1, 0.15) is 6.67 Å². The standard InChI is InChI=1S/C12H15BrFNO/c13-10-3-1-9(2-4-10)5-11-8-16-12(6-14)7-15-11/h1-4,11-12,15H,5-8H2/t11-,12?/m0/s1. The van der Waals surface area contributed by atoms with Gasteiger partial charge in [0.15, 0.2) is 0 Å². The third-order valence-corrected chi connectivity index (χ3v) is 3.26. The summed E-state index contributed by atoms with van der Waals surface area (Å²) in [4.78, 5) is 0. The fraction of sp³-hybridized carbons (Fsp3) is 0.500. The fourth-order valence-corrected chi connectivity index (χ4v) is 2.07. The smallest absolute Gasteiger partial charge is 0.117 e. The van der Waals surface area contributed by atoms with Gasteiger partial charge in [0.05, 0.1) is 12.7 Å². The third-order valence-electron chi connectivity index (χ3n) is 2.73. The monoisotopic (exact) mass is 287 g/mol. The second-order valence-corrected chi connectivity index (χ2v) is 4.96. The Bertz CT molecular complexity index is 322. The lowest BCUT2D eigenvalue weighted by Gasteiger charge is -2.29. The van der Waals surface area contributed by atoms with E-state index in [1.807, 2.05) is 12.1 Å². The molecule has 2 rings (SSSR count). The maximum atomic E-state index is 12.3. The molecule has 1 heterocycles. The van der Waals surface area contributed by atoms with Crippen molar-refractivity contribution in [3.05, 3.63) is 34.3 Å². The molecule has 1 aromatic carbocycles. The summed E-state index contributed by atoms with van der Waals surface area (Å²) in [6.45, 7) is 0.792. The van der Waals surface area contributed by atoms with E-state index in [-0.39, 0.29) is 6.10 Å². The lowest BCUT2D eigenvalue weighted by Crippen LogP contribution is -2.48. The molecule has 0 aromatic heterocycles. The first-order valence-corrected chi connectivity index (χ1v) is 6.22. The van der Waals surface area contributed by atoms with Gasteiger partial charge < -0.3 is 10.1 Å². The number of halogens is 2. The van der Waals surface area contributed by atoms with Crippen molar-refractivity contribution in [2.75, 3.05) is 19.8 Å². The number of morpholine rings is 1. The summed E-state index contributed by atoms with van der Waals surface area (Å²) in [5.41, 5.74) is 1.27. The molecule has 1 fully saturated rings. The first-order chi connectivity index (χ1) is 7.78. The Labute approximate surface area is 103 Å². The van der Waals surface area contributed by atoms with Crippen molar-refractivity contribution >= 4 is 15.9 Å². The van der Waals surface area contributed by atoms with E-state index in [9.17, 15) is 4.39 Å². The van der Waals surface area contributed by atoms with Crippen molar-refractivity contribution in [1.82, 2.24) is 5.32 Å². The number of nitrogens with one attached hydrogen (secondary N) is 1. The molecule has 0 radical (unpaired) electrons. The number of benzene rings is 1. The Morgan fingerprint density at radius 3 is 2.69 bits per heavy atom. The van der Waals surface area contributed by atoms with Crippen molar-refractivity contribution in [2.45, 2.75) is 18.6 Å². The summed E-state index contributed by atoms with van der Waals surface area (Å²) in [6, 6.07) is 8.54. The van der Waals surface area contributed by atoms with Crippen LogP contribution in [-0.4, -0.2) is 32.0 Å². The van der Waals surface area contributed by atoms with Crippen LogP contribution >= 0.6 is 15.9 Å². The summed E-state index contributed by atoms with van der Waals surface area (Å²) < 4.78 is 18.8. The molecular weight excluding hydrogens is 273 g/mol. The Morgan fingerprint density at radius 1 is 1.38 bits per heavy atom. The van der Waals surface area contributed by atoms with Gasteiger partial charge in [-0.3, -0.25) is 0 Å². The highest BCUT2D eigenvalue weighted by Crippen LogP contribution is 2.13. The van der Waals surface area contributed by atoms with Gasteiger partial charge in [0.2, 0.25) is 0 Å². The topological polar surface area (TPSA) is 21.3 Å². The number of ether oxygens (including phenoxy) is 1. The second-order valence-electron chi connectivity index (χ2n) is 4.05. The van der Waals surface area contributed by atoms with Gasteiger partial charge in [-0.2, -0.15) is 0 Å². The predicted molar refractivity (Wildman–Crippen MR) is 65.4 cm³/mol. The van der Waals surface area contributed by atoms with E-state index in [4.69, 9.17) is 4.74 Å². The highest BCUT2D eigenvalue weighted by molar-refractivity contribution is 9.10. The molecule has 0 bridgehead atoms. The van der Waals surface area contributed by atoms with Crippen molar-refractivity contribution in [1.29, 1.82) is 0 Å². The molecule has 2 nitrogen and oxygen atoms in total. The zero-order chi connectivity index (χ0) is 11.4. The molecule has 4 heteroatoms. The molecule has 88 valence electrons. The van der Waals surface area contributed by atoms with E-state index < -0.39 is 6.67 Å². The van der Waals surface area contributed by atoms with Gasteiger partial charge in [0.25, 0.3) is 0 Å². The van der Waals surface area contributed by atoms with E-state index in [2.05, 4.69) is 33.4 Å². The number of rotatable bonds is 3. The summed E-state index contributed by atoms with van der Waals surface area (Å²) in [5.74, 6) is 0. The highest BCUT2D eigenvalue weighted by Gasteiger charge is 2.20. The Kier molecular flexibility index (Phi) is 4.32. The molecule has 1 aliphatic rings. The summed E-state index contributed by atoms with van der Waals surface area (Å²) in [5, 5.41) is 3.31. The van der Waals surface area contributed by atoms with Crippen molar-refractivity contribution < 1.29 is 9.13 Å². The van der Waals surface area contributed by atoms with Crippen LogP contribution in [-0.2, 0) is 11.2 Å². The molecule has 1 aliphatic heterocycles. The Hall–Kier alpha value is -0.450. The molecule has 1 unspecified atom stereocenters. The van der Waals surface area contributed by atoms with Crippen LogP contribution in [0.25, 0.3) is 0 Å². The molecule has 0 saturated carbocycles. The predicted octanol–water partition coefficient (Wildman–Crippen LogP) is 2.32. The molecule has 0 amide bonds. The zero-order valence-electron chi connectivity index (χ0n) is 8.96. The van der Waals surface area contributed by atoms with Gasteiger partial charge in [-0.15, -0.1) is 0 Å². The zero-order valence-corrected chi connectivity index (χ0v) is 10.5. The maximum absolute atomic E-state index is 12.3. The van der Waals surface area contributed by atoms with Crippen molar-refractivity contribution in [3.8, 4) is 0 Å². The van der Waals surface area contributed by atoms with E-state index >= 15 is 0 Å². The lowest BCUT2D eigenvalue weighted by molar-refractivity contribution is -0.00818. The van der Waals surface area contributed by atoms with Crippen LogP contribution in [0.1, 0.15) is 5.56 Å².